The lowest BCUT2D eigenvalue weighted by molar-refractivity contribution is -0.118. The van der Waals surface area contributed by atoms with Crippen LogP contribution in [0.25, 0.3) is 11.4 Å². The number of amides is 1. The number of carbonyl (C=O) groups is 1. The van der Waals surface area contributed by atoms with Crippen LogP contribution in [0.3, 0.4) is 0 Å². The second kappa shape index (κ2) is 8.61. The molecule has 4 rings (SSSR count). The molecule has 0 atom stereocenters. The summed E-state index contributed by atoms with van der Waals surface area (Å²) in [5.41, 5.74) is 1.60. The Bertz CT molecular complexity index is 1020. The van der Waals surface area contributed by atoms with Gasteiger partial charge in [0.25, 0.3) is 5.91 Å². The molecule has 6 nitrogen and oxygen atoms in total. The number of aryl methyl sites for hydroxylation is 1. The molecule has 29 heavy (non-hydrogen) atoms. The summed E-state index contributed by atoms with van der Waals surface area (Å²) in [5.74, 6) is 1.34. The SMILES string of the molecule is O=C(COc1ccc(F)cc1Cl)Nc1ccc(-c2nnc3n2CCCCC3)cc1. The average Bonchev–Trinajstić information content (AvgIpc) is 2.96. The quantitative estimate of drug-likeness (QED) is 0.668. The van der Waals surface area contributed by atoms with Gasteiger partial charge in [-0.25, -0.2) is 4.39 Å². The lowest BCUT2D eigenvalue weighted by Gasteiger charge is -2.10. The van der Waals surface area contributed by atoms with Crippen molar-refractivity contribution in [2.24, 2.45) is 0 Å². The first-order chi connectivity index (χ1) is 14.1. The number of fused-ring (bicyclic) bond motifs is 1. The van der Waals surface area contributed by atoms with Gasteiger partial charge in [0, 0.05) is 24.2 Å². The number of anilines is 1. The minimum absolute atomic E-state index is 0.120. The number of hydrogen-bond acceptors (Lipinski definition) is 4. The van der Waals surface area contributed by atoms with E-state index in [1.165, 1.54) is 18.6 Å². The molecule has 0 bridgehead atoms. The highest BCUT2D eigenvalue weighted by atomic mass is 35.5. The summed E-state index contributed by atoms with van der Waals surface area (Å²) in [7, 11) is 0. The molecule has 1 aromatic heterocycles. The Kier molecular flexibility index (Phi) is 5.76. The minimum Gasteiger partial charge on any atom is -0.482 e. The van der Waals surface area contributed by atoms with Gasteiger partial charge in [0.05, 0.1) is 5.02 Å². The molecule has 3 aromatic rings. The molecule has 1 N–H and O–H groups in total. The van der Waals surface area contributed by atoms with Gasteiger partial charge in [0.1, 0.15) is 17.4 Å². The van der Waals surface area contributed by atoms with E-state index in [0.717, 1.165) is 49.1 Å². The van der Waals surface area contributed by atoms with Crippen molar-refractivity contribution in [3.8, 4) is 17.1 Å². The van der Waals surface area contributed by atoms with E-state index in [9.17, 15) is 9.18 Å². The number of nitrogens with one attached hydrogen (secondary N) is 1. The molecular formula is C21H20ClFN4O2. The Labute approximate surface area is 172 Å². The molecule has 0 fully saturated rings. The van der Waals surface area contributed by atoms with Gasteiger partial charge >= 0.3 is 0 Å². The number of aromatic nitrogens is 3. The number of halogens is 2. The van der Waals surface area contributed by atoms with Gasteiger partial charge in [-0.2, -0.15) is 0 Å². The second-order valence-corrected chi connectivity index (χ2v) is 7.30. The van der Waals surface area contributed by atoms with Crippen LogP contribution in [-0.4, -0.2) is 27.3 Å². The number of rotatable bonds is 5. The molecule has 8 heteroatoms. The van der Waals surface area contributed by atoms with Crippen LogP contribution in [0, 0.1) is 5.82 Å². The van der Waals surface area contributed by atoms with Gasteiger partial charge < -0.3 is 14.6 Å². The molecule has 2 aromatic carbocycles. The van der Waals surface area contributed by atoms with Gasteiger partial charge in [-0.15, -0.1) is 10.2 Å². The van der Waals surface area contributed by atoms with E-state index in [-0.39, 0.29) is 23.3 Å². The summed E-state index contributed by atoms with van der Waals surface area (Å²) in [5, 5.41) is 11.6. The Morgan fingerprint density at radius 2 is 1.97 bits per heavy atom. The highest BCUT2D eigenvalue weighted by Crippen LogP contribution is 2.25. The molecule has 0 saturated carbocycles. The number of benzene rings is 2. The molecule has 2 heterocycles. The van der Waals surface area contributed by atoms with Crippen LogP contribution in [0.5, 0.6) is 5.75 Å². The monoisotopic (exact) mass is 414 g/mol. The number of carbonyl (C=O) groups excluding carboxylic acids is 1. The maximum absolute atomic E-state index is 13.1. The first-order valence-corrected chi connectivity index (χ1v) is 9.88. The Morgan fingerprint density at radius 3 is 2.76 bits per heavy atom. The van der Waals surface area contributed by atoms with Gasteiger partial charge in [0.2, 0.25) is 0 Å². The fraction of sp³-hybridized carbons (Fsp3) is 0.286. The summed E-state index contributed by atoms with van der Waals surface area (Å²) in [6.45, 7) is 0.699. The maximum atomic E-state index is 13.1. The van der Waals surface area contributed by atoms with Crippen molar-refractivity contribution >= 4 is 23.2 Å². The number of hydrogen-bond donors (Lipinski definition) is 1. The lowest BCUT2D eigenvalue weighted by atomic mass is 10.2. The van der Waals surface area contributed by atoms with Crippen molar-refractivity contribution in [2.75, 3.05) is 11.9 Å². The van der Waals surface area contributed by atoms with E-state index >= 15 is 0 Å². The van der Waals surface area contributed by atoms with Gasteiger partial charge in [-0.3, -0.25) is 4.79 Å². The zero-order chi connectivity index (χ0) is 20.2. The Hall–Kier alpha value is -2.93. The summed E-state index contributed by atoms with van der Waals surface area (Å²) in [6.07, 6.45) is 4.44. The highest BCUT2D eigenvalue weighted by Gasteiger charge is 2.16. The van der Waals surface area contributed by atoms with Gasteiger partial charge in [0.15, 0.2) is 12.4 Å². The molecule has 1 aliphatic heterocycles. The standard InChI is InChI=1S/C21H20ClFN4O2/c22-17-12-15(23)7-10-18(17)29-13-20(28)24-16-8-5-14(6-9-16)21-26-25-19-4-2-1-3-11-27(19)21/h5-10,12H,1-4,11,13H2,(H,24,28). The molecule has 0 aliphatic carbocycles. The largest absolute Gasteiger partial charge is 0.482 e. The Morgan fingerprint density at radius 1 is 1.14 bits per heavy atom. The lowest BCUT2D eigenvalue weighted by Crippen LogP contribution is -2.20. The fourth-order valence-electron chi connectivity index (χ4n) is 3.33. The van der Waals surface area contributed by atoms with Crippen LogP contribution in [0.1, 0.15) is 25.1 Å². The van der Waals surface area contributed by atoms with Crippen molar-refractivity contribution in [1.29, 1.82) is 0 Å². The zero-order valence-electron chi connectivity index (χ0n) is 15.7. The third-order valence-electron chi connectivity index (χ3n) is 4.79. The van der Waals surface area contributed by atoms with Gasteiger partial charge in [-0.05, 0) is 55.3 Å². The van der Waals surface area contributed by atoms with Crippen molar-refractivity contribution in [2.45, 2.75) is 32.2 Å². The molecule has 0 unspecified atom stereocenters. The van der Waals surface area contributed by atoms with E-state index in [1.807, 2.05) is 24.3 Å². The molecule has 150 valence electrons. The predicted octanol–water partition coefficient (Wildman–Crippen LogP) is 4.48. The second-order valence-electron chi connectivity index (χ2n) is 6.89. The van der Waals surface area contributed by atoms with Crippen LogP contribution in [-0.2, 0) is 17.8 Å². The molecular weight excluding hydrogens is 395 g/mol. The molecule has 1 amide bonds. The molecule has 0 spiro atoms. The normalized spacial score (nSPS) is 13.4. The number of ether oxygens (including phenoxy) is 1. The molecule has 1 aliphatic rings. The summed E-state index contributed by atoms with van der Waals surface area (Å²) in [6, 6.07) is 11.2. The fourth-order valence-corrected chi connectivity index (χ4v) is 3.56. The summed E-state index contributed by atoms with van der Waals surface area (Å²) >= 11 is 5.89. The Balaban J connectivity index is 1.38. The minimum atomic E-state index is -0.462. The first-order valence-electron chi connectivity index (χ1n) is 9.50. The van der Waals surface area contributed by atoms with Gasteiger partial charge in [-0.1, -0.05) is 18.0 Å². The van der Waals surface area contributed by atoms with E-state index in [2.05, 4.69) is 20.1 Å². The maximum Gasteiger partial charge on any atom is 0.262 e. The van der Waals surface area contributed by atoms with Crippen LogP contribution < -0.4 is 10.1 Å². The number of nitrogens with zero attached hydrogens (tertiary/aromatic N) is 3. The van der Waals surface area contributed by atoms with Crippen LogP contribution in [0.4, 0.5) is 10.1 Å². The van der Waals surface area contributed by atoms with E-state index < -0.39 is 5.82 Å². The topological polar surface area (TPSA) is 69.0 Å². The van der Waals surface area contributed by atoms with Crippen molar-refractivity contribution in [3.05, 3.63) is 59.1 Å². The molecule has 0 saturated heterocycles. The van der Waals surface area contributed by atoms with E-state index in [0.29, 0.717) is 5.69 Å². The van der Waals surface area contributed by atoms with Crippen LogP contribution >= 0.6 is 11.6 Å². The third-order valence-corrected chi connectivity index (χ3v) is 5.08. The zero-order valence-corrected chi connectivity index (χ0v) is 16.5. The first kappa shape index (κ1) is 19.4. The molecule has 0 radical (unpaired) electrons. The highest BCUT2D eigenvalue weighted by molar-refractivity contribution is 6.32. The van der Waals surface area contributed by atoms with E-state index in [1.54, 1.807) is 0 Å². The summed E-state index contributed by atoms with van der Waals surface area (Å²) < 4.78 is 20.6. The van der Waals surface area contributed by atoms with Crippen molar-refractivity contribution in [1.82, 2.24) is 14.8 Å². The van der Waals surface area contributed by atoms with Crippen LogP contribution in [0.15, 0.2) is 42.5 Å². The predicted molar refractivity (Wildman–Crippen MR) is 109 cm³/mol. The van der Waals surface area contributed by atoms with Crippen molar-refractivity contribution < 1.29 is 13.9 Å². The average molecular weight is 415 g/mol. The van der Waals surface area contributed by atoms with Crippen LogP contribution in [0.2, 0.25) is 5.02 Å². The smallest absolute Gasteiger partial charge is 0.262 e. The van der Waals surface area contributed by atoms with Crippen molar-refractivity contribution in [3.63, 3.8) is 0 Å². The van der Waals surface area contributed by atoms with E-state index in [4.69, 9.17) is 16.3 Å². The third kappa shape index (κ3) is 4.56. The summed E-state index contributed by atoms with van der Waals surface area (Å²) in [4.78, 5) is 12.1.